The average molecular weight is 399 g/mol. The van der Waals surface area contributed by atoms with Crippen molar-refractivity contribution in [3.05, 3.63) is 94.8 Å². The fraction of sp³-hybridized carbons (Fsp3) is 0.125. The summed E-state index contributed by atoms with van der Waals surface area (Å²) in [6.45, 7) is 0.146. The summed E-state index contributed by atoms with van der Waals surface area (Å²) in [6, 6.07) is 24.5. The van der Waals surface area contributed by atoms with Gasteiger partial charge in [-0.15, -0.1) is 0 Å². The van der Waals surface area contributed by atoms with Gasteiger partial charge in [-0.1, -0.05) is 60.7 Å². The number of methoxy groups -OCH3 is 1. The van der Waals surface area contributed by atoms with Crippen LogP contribution in [0.15, 0.2) is 83.7 Å². The van der Waals surface area contributed by atoms with E-state index in [4.69, 9.17) is 4.74 Å². The highest BCUT2D eigenvalue weighted by Gasteiger charge is 2.11. The molecule has 0 aliphatic carbocycles. The number of rotatable bonds is 6. The first-order chi connectivity index (χ1) is 14.7. The molecule has 0 aliphatic heterocycles. The van der Waals surface area contributed by atoms with Gasteiger partial charge in [0.05, 0.1) is 12.8 Å². The third kappa shape index (κ3) is 4.07. The lowest BCUT2D eigenvalue weighted by atomic mass is 10.0. The Bertz CT molecular complexity index is 1260. The quantitative estimate of drug-likeness (QED) is 0.539. The zero-order valence-electron chi connectivity index (χ0n) is 16.5. The fourth-order valence-electron chi connectivity index (χ4n) is 3.39. The number of carbonyl (C=O) groups excluding carboxylic acids is 1. The van der Waals surface area contributed by atoms with E-state index in [9.17, 15) is 9.59 Å². The first-order valence-electron chi connectivity index (χ1n) is 9.60. The molecule has 0 unspecified atom stereocenters. The van der Waals surface area contributed by atoms with Crippen LogP contribution in [0.25, 0.3) is 22.0 Å². The predicted molar refractivity (Wildman–Crippen MR) is 116 cm³/mol. The van der Waals surface area contributed by atoms with Crippen LogP contribution in [0.4, 0.5) is 0 Å². The lowest BCUT2D eigenvalue weighted by molar-refractivity contribution is -0.122. The van der Waals surface area contributed by atoms with Crippen LogP contribution in [0.1, 0.15) is 5.56 Å². The van der Waals surface area contributed by atoms with Gasteiger partial charge in [-0.2, -0.15) is 5.10 Å². The smallest absolute Gasteiger partial charge is 0.267 e. The number of hydrogen-bond donors (Lipinski definition) is 1. The van der Waals surface area contributed by atoms with Crippen molar-refractivity contribution in [2.45, 2.75) is 13.1 Å². The van der Waals surface area contributed by atoms with E-state index < -0.39 is 0 Å². The maximum atomic E-state index is 12.4. The number of fused-ring (bicyclic) bond motifs is 1. The van der Waals surface area contributed by atoms with Gasteiger partial charge in [0.25, 0.3) is 5.56 Å². The molecule has 0 radical (unpaired) electrons. The summed E-state index contributed by atoms with van der Waals surface area (Å²) in [6.07, 6.45) is 0. The fourth-order valence-corrected chi connectivity index (χ4v) is 3.39. The van der Waals surface area contributed by atoms with Gasteiger partial charge in [0.1, 0.15) is 12.3 Å². The van der Waals surface area contributed by atoms with E-state index >= 15 is 0 Å². The summed E-state index contributed by atoms with van der Waals surface area (Å²) in [7, 11) is 1.59. The molecule has 3 aromatic carbocycles. The highest BCUT2D eigenvalue weighted by molar-refractivity contribution is 5.95. The average Bonchev–Trinajstić information content (AvgIpc) is 2.79. The number of nitrogens with zero attached hydrogens (tertiary/aromatic N) is 2. The number of hydrogen-bond acceptors (Lipinski definition) is 4. The van der Waals surface area contributed by atoms with Gasteiger partial charge in [0, 0.05) is 23.7 Å². The number of benzene rings is 3. The van der Waals surface area contributed by atoms with Gasteiger partial charge in [-0.25, -0.2) is 4.68 Å². The highest BCUT2D eigenvalue weighted by atomic mass is 16.5. The summed E-state index contributed by atoms with van der Waals surface area (Å²) in [5.41, 5.74) is 2.09. The van der Waals surface area contributed by atoms with E-state index in [1.54, 1.807) is 13.2 Å². The molecule has 6 heteroatoms. The van der Waals surface area contributed by atoms with E-state index in [0.717, 1.165) is 21.9 Å². The second-order valence-electron chi connectivity index (χ2n) is 6.83. The van der Waals surface area contributed by atoms with E-state index in [0.29, 0.717) is 18.0 Å². The topological polar surface area (TPSA) is 73.2 Å². The Labute approximate surface area is 173 Å². The number of aromatic nitrogens is 2. The van der Waals surface area contributed by atoms with E-state index in [1.165, 1.54) is 10.7 Å². The normalized spacial score (nSPS) is 10.7. The summed E-state index contributed by atoms with van der Waals surface area (Å²) in [4.78, 5) is 24.7. The van der Waals surface area contributed by atoms with Crippen LogP contribution in [-0.4, -0.2) is 22.8 Å². The van der Waals surface area contributed by atoms with E-state index in [1.807, 2.05) is 66.7 Å². The molecule has 1 N–H and O–H groups in total. The van der Waals surface area contributed by atoms with Crippen LogP contribution in [0.3, 0.4) is 0 Å². The van der Waals surface area contributed by atoms with Crippen LogP contribution < -0.4 is 15.6 Å². The van der Waals surface area contributed by atoms with Crippen molar-refractivity contribution in [2.75, 3.05) is 7.11 Å². The molecule has 4 rings (SSSR count). The minimum atomic E-state index is -0.327. The van der Waals surface area contributed by atoms with Crippen LogP contribution in [-0.2, 0) is 17.9 Å². The predicted octanol–water partition coefficient (Wildman–Crippen LogP) is 3.39. The Morgan fingerprint density at radius 2 is 1.73 bits per heavy atom. The lowest BCUT2D eigenvalue weighted by Gasteiger charge is -2.11. The van der Waals surface area contributed by atoms with Crippen molar-refractivity contribution in [1.82, 2.24) is 15.1 Å². The van der Waals surface area contributed by atoms with Crippen LogP contribution in [0.2, 0.25) is 0 Å². The molecule has 30 heavy (non-hydrogen) atoms. The number of carbonyl (C=O) groups is 1. The summed E-state index contributed by atoms with van der Waals surface area (Å²) < 4.78 is 6.49. The van der Waals surface area contributed by atoms with Crippen LogP contribution >= 0.6 is 0 Å². The molecule has 0 saturated carbocycles. The largest absolute Gasteiger partial charge is 0.496 e. The number of amides is 1. The third-order valence-electron chi connectivity index (χ3n) is 4.89. The molecule has 0 aliphatic rings. The second kappa shape index (κ2) is 8.61. The molecule has 6 nitrogen and oxygen atoms in total. The summed E-state index contributed by atoms with van der Waals surface area (Å²) in [5.74, 6) is 0.400. The number of nitrogens with one attached hydrogen (secondary N) is 1. The van der Waals surface area contributed by atoms with Gasteiger partial charge in [-0.05, 0) is 22.9 Å². The first-order valence-corrected chi connectivity index (χ1v) is 9.60. The number of para-hydroxylation sites is 1. The van der Waals surface area contributed by atoms with Crippen molar-refractivity contribution >= 4 is 16.7 Å². The monoisotopic (exact) mass is 399 g/mol. The van der Waals surface area contributed by atoms with Gasteiger partial charge >= 0.3 is 0 Å². The lowest BCUT2D eigenvalue weighted by Crippen LogP contribution is -2.33. The van der Waals surface area contributed by atoms with Gasteiger partial charge in [0.15, 0.2) is 0 Å². The number of ether oxygens (including phenoxy) is 1. The summed E-state index contributed by atoms with van der Waals surface area (Å²) in [5, 5.41) is 9.39. The molecule has 0 bridgehead atoms. The Morgan fingerprint density at radius 1 is 0.967 bits per heavy atom. The molecule has 1 aromatic heterocycles. The third-order valence-corrected chi connectivity index (χ3v) is 4.89. The zero-order valence-corrected chi connectivity index (χ0v) is 16.5. The van der Waals surface area contributed by atoms with Crippen LogP contribution in [0.5, 0.6) is 5.75 Å². The Morgan fingerprint density at radius 3 is 2.60 bits per heavy atom. The van der Waals surface area contributed by atoms with Gasteiger partial charge in [0.2, 0.25) is 5.91 Å². The minimum Gasteiger partial charge on any atom is -0.496 e. The van der Waals surface area contributed by atoms with Gasteiger partial charge in [-0.3, -0.25) is 9.59 Å². The Hall–Kier alpha value is -3.93. The molecule has 150 valence electrons. The van der Waals surface area contributed by atoms with Crippen molar-refractivity contribution < 1.29 is 9.53 Å². The molecule has 0 spiro atoms. The molecule has 0 fully saturated rings. The Kier molecular flexibility index (Phi) is 5.57. The first kappa shape index (κ1) is 19.4. The molecule has 0 atom stereocenters. The zero-order chi connectivity index (χ0) is 20.9. The maximum Gasteiger partial charge on any atom is 0.267 e. The highest BCUT2D eigenvalue weighted by Crippen LogP contribution is 2.26. The van der Waals surface area contributed by atoms with Gasteiger partial charge < -0.3 is 10.1 Å². The van der Waals surface area contributed by atoms with Crippen molar-refractivity contribution in [2.24, 2.45) is 0 Å². The standard InChI is InChI=1S/C24H21N3O3/c1-30-22-12-5-3-8-18(22)15-25-23(28)16-27-24(29)14-13-21(26-27)20-11-6-9-17-7-2-4-10-19(17)20/h2-14H,15-16H2,1H3,(H,25,28). The molecule has 0 saturated heterocycles. The molecule has 1 heterocycles. The molecular formula is C24H21N3O3. The van der Waals surface area contributed by atoms with E-state index in [2.05, 4.69) is 10.4 Å². The van der Waals surface area contributed by atoms with Crippen molar-refractivity contribution in [1.29, 1.82) is 0 Å². The van der Waals surface area contributed by atoms with Crippen molar-refractivity contribution in [3.8, 4) is 17.0 Å². The van der Waals surface area contributed by atoms with Crippen LogP contribution in [0, 0.1) is 0 Å². The molecular weight excluding hydrogens is 378 g/mol. The van der Waals surface area contributed by atoms with Crippen molar-refractivity contribution in [3.63, 3.8) is 0 Å². The second-order valence-corrected chi connectivity index (χ2v) is 6.83. The molecule has 4 aromatic rings. The molecule has 1 amide bonds. The maximum absolute atomic E-state index is 12.4. The Balaban J connectivity index is 1.55. The SMILES string of the molecule is COc1ccccc1CNC(=O)Cn1nc(-c2cccc3ccccc23)ccc1=O. The summed E-state index contributed by atoms with van der Waals surface area (Å²) >= 11 is 0. The minimum absolute atomic E-state index is 0.160. The van der Waals surface area contributed by atoms with E-state index in [-0.39, 0.29) is 18.0 Å².